The van der Waals surface area contributed by atoms with Crippen molar-refractivity contribution >= 4 is 17.1 Å². The van der Waals surface area contributed by atoms with Crippen molar-refractivity contribution in [2.75, 3.05) is 18.5 Å². The van der Waals surface area contributed by atoms with E-state index in [0.717, 1.165) is 0 Å². The molecule has 0 radical (unpaired) electrons. The number of aliphatic hydroxyl groups excluding tert-OH is 1. The topological polar surface area (TPSA) is 95.8 Å². The number of benzene rings is 1. The molecule has 0 unspecified atom stereocenters. The average Bonchev–Trinajstić information content (AvgIpc) is 2.96. The first-order chi connectivity index (χ1) is 10.6. The van der Waals surface area contributed by atoms with Crippen molar-refractivity contribution in [1.82, 2.24) is 19.5 Å². The zero-order valence-electron chi connectivity index (χ0n) is 11.8. The van der Waals surface area contributed by atoms with Gasteiger partial charge in [0.15, 0.2) is 11.2 Å². The highest BCUT2D eigenvalue weighted by atomic mass is 19.1. The zero-order chi connectivity index (χ0) is 15.7. The zero-order valence-corrected chi connectivity index (χ0v) is 11.8. The second kappa shape index (κ2) is 5.57. The molecule has 0 amide bonds. The lowest BCUT2D eigenvalue weighted by Crippen LogP contribution is -2.19. The number of nitrogens with one attached hydrogen (secondary N) is 2. The summed E-state index contributed by atoms with van der Waals surface area (Å²) in [5.74, 6) is 0.444. The number of halogens is 1. The molecule has 7 nitrogen and oxygen atoms in total. The van der Waals surface area contributed by atoms with Gasteiger partial charge in [0.05, 0.1) is 6.61 Å². The van der Waals surface area contributed by atoms with E-state index in [1.165, 1.54) is 12.1 Å². The molecule has 8 heteroatoms. The number of nitrogens with zero attached hydrogens (tertiary/aromatic N) is 3. The average molecular weight is 303 g/mol. The molecule has 0 bridgehead atoms. The van der Waals surface area contributed by atoms with Gasteiger partial charge in [-0.3, -0.25) is 9.36 Å². The lowest BCUT2D eigenvalue weighted by Gasteiger charge is -2.08. The molecule has 0 aliphatic carbocycles. The van der Waals surface area contributed by atoms with E-state index in [1.54, 1.807) is 23.7 Å². The summed E-state index contributed by atoms with van der Waals surface area (Å²) in [5, 5.41) is 11.7. The van der Waals surface area contributed by atoms with Crippen LogP contribution < -0.4 is 10.9 Å². The molecule has 2 heterocycles. The fourth-order valence-corrected chi connectivity index (χ4v) is 2.15. The third-order valence-corrected chi connectivity index (χ3v) is 3.25. The van der Waals surface area contributed by atoms with Crippen molar-refractivity contribution in [3.63, 3.8) is 0 Å². The van der Waals surface area contributed by atoms with E-state index in [2.05, 4.69) is 20.3 Å². The van der Waals surface area contributed by atoms with Gasteiger partial charge in [-0.25, -0.2) is 9.37 Å². The SMILES string of the molecule is Cn1c(NCCO)nc(=O)c2[nH]c(-c3ccc(F)cc3)nc21. The fourth-order valence-electron chi connectivity index (χ4n) is 2.15. The molecule has 0 atom stereocenters. The van der Waals surface area contributed by atoms with E-state index in [4.69, 9.17) is 5.11 Å². The minimum absolute atomic E-state index is 0.0741. The van der Waals surface area contributed by atoms with Gasteiger partial charge >= 0.3 is 5.56 Å². The Morgan fingerprint density at radius 2 is 2.05 bits per heavy atom. The molecule has 0 saturated carbocycles. The highest BCUT2D eigenvalue weighted by Crippen LogP contribution is 2.19. The van der Waals surface area contributed by atoms with Crippen molar-refractivity contribution in [2.45, 2.75) is 0 Å². The van der Waals surface area contributed by atoms with Crippen LogP contribution in [0.2, 0.25) is 0 Å². The van der Waals surface area contributed by atoms with Crippen LogP contribution in [0, 0.1) is 5.82 Å². The molecule has 114 valence electrons. The first-order valence-electron chi connectivity index (χ1n) is 6.67. The standard InChI is InChI=1S/C14H14FN5O2/c1-20-12-10(13(22)19-14(20)16-6-7-21)17-11(18-12)8-2-4-9(15)5-3-8/h2-5,21H,6-7H2,1H3,(H,17,18)(H,16,19,22). The van der Waals surface area contributed by atoms with Crippen LogP contribution in [-0.4, -0.2) is 37.8 Å². The van der Waals surface area contributed by atoms with E-state index in [9.17, 15) is 9.18 Å². The normalized spacial score (nSPS) is 11.0. The smallest absolute Gasteiger partial charge is 0.300 e. The van der Waals surface area contributed by atoms with Crippen LogP contribution in [0.5, 0.6) is 0 Å². The van der Waals surface area contributed by atoms with Crippen molar-refractivity contribution in [3.05, 3.63) is 40.4 Å². The number of fused-ring (bicyclic) bond motifs is 1. The molecule has 22 heavy (non-hydrogen) atoms. The highest BCUT2D eigenvalue weighted by molar-refractivity contribution is 5.76. The van der Waals surface area contributed by atoms with Crippen molar-refractivity contribution < 1.29 is 9.50 Å². The minimum atomic E-state index is -0.450. The Kier molecular flexibility index (Phi) is 3.60. The number of imidazole rings is 1. The molecule has 0 spiro atoms. The Morgan fingerprint density at radius 1 is 1.32 bits per heavy atom. The van der Waals surface area contributed by atoms with Crippen LogP contribution in [0.3, 0.4) is 0 Å². The molecule has 3 N–H and O–H groups in total. The van der Waals surface area contributed by atoms with Gasteiger partial charge in [0.2, 0.25) is 5.95 Å². The summed E-state index contributed by atoms with van der Waals surface area (Å²) in [6.07, 6.45) is 0. The molecule has 0 saturated heterocycles. The number of aromatic amines is 1. The van der Waals surface area contributed by atoms with Gasteiger partial charge in [-0.1, -0.05) is 0 Å². The molecule has 0 aliphatic heterocycles. The number of hydrogen-bond donors (Lipinski definition) is 3. The van der Waals surface area contributed by atoms with Gasteiger partial charge in [-0.15, -0.1) is 0 Å². The Labute approximate surface area is 124 Å². The Bertz CT molecular complexity index is 869. The third kappa shape index (κ3) is 2.44. The van der Waals surface area contributed by atoms with Gasteiger partial charge in [-0.05, 0) is 24.3 Å². The van der Waals surface area contributed by atoms with Crippen molar-refractivity contribution in [1.29, 1.82) is 0 Å². The van der Waals surface area contributed by atoms with Gasteiger partial charge < -0.3 is 15.4 Å². The lowest BCUT2D eigenvalue weighted by molar-refractivity contribution is 0.310. The van der Waals surface area contributed by atoms with Crippen molar-refractivity contribution in [3.8, 4) is 11.4 Å². The number of aliphatic hydroxyl groups is 1. The number of rotatable bonds is 4. The largest absolute Gasteiger partial charge is 0.395 e. The number of aromatic nitrogens is 4. The lowest BCUT2D eigenvalue weighted by atomic mass is 10.2. The van der Waals surface area contributed by atoms with Crippen LogP contribution in [0.25, 0.3) is 22.6 Å². The summed E-state index contributed by atoms with van der Waals surface area (Å²) in [7, 11) is 1.71. The maximum Gasteiger partial charge on any atom is 0.300 e. The maximum absolute atomic E-state index is 13.0. The van der Waals surface area contributed by atoms with E-state index in [-0.39, 0.29) is 24.5 Å². The predicted octanol–water partition coefficient (Wildman–Crippen LogP) is 0.867. The van der Waals surface area contributed by atoms with Crippen LogP contribution in [-0.2, 0) is 7.05 Å². The molecular formula is C14H14FN5O2. The van der Waals surface area contributed by atoms with Crippen LogP contribution in [0.1, 0.15) is 0 Å². The van der Waals surface area contributed by atoms with Gasteiger partial charge in [-0.2, -0.15) is 4.98 Å². The second-order valence-electron chi connectivity index (χ2n) is 4.74. The molecule has 2 aromatic heterocycles. The van der Waals surface area contributed by atoms with Gasteiger partial charge in [0.1, 0.15) is 11.6 Å². The van der Waals surface area contributed by atoms with Gasteiger partial charge in [0, 0.05) is 19.2 Å². The maximum atomic E-state index is 13.0. The summed E-state index contributed by atoms with van der Waals surface area (Å²) in [6.45, 7) is 0.205. The van der Waals surface area contributed by atoms with Crippen LogP contribution in [0.4, 0.5) is 10.3 Å². The summed E-state index contributed by atoms with van der Waals surface area (Å²) in [5.41, 5.74) is 0.924. The Hall–Kier alpha value is -2.74. The Balaban J connectivity index is 2.13. The minimum Gasteiger partial charge on any atom is -0.395 e. The monoisotopic (exact) mass is 303 g/mol. The summed E-state index contributed by atoms with van der Waals surface area (Å²) in [4.78, 5) is 23.3. The molecule has 0 aliphatic rings. The predicted molar refractivity (Wildman–Crippen MR) is 80.1 cm³/mol. The summed E-state index contributed by atoms with van der Waals surface area (Å²) >= 11 is 0. The molecule has 3 aromatic rings. The second-order valence-corrected chi connectivity index (χ2v) is 4.74. The van der Waals surface area contributed by atoms with Gasteiger partial charge in [0.25, 0.3) is 0 Å². The quantitative estimate of drug-likeness (QED) is 0.664. The number of hydrogen-bond acceptors (Lipinski definition) is 5. The van der Waals surface area contributed by atoms with E-state index >= 15 is 0 Å². The fraction of sp³-hybridized carbons (Fsp3) is 0.214. The highest BCUT2D eigenvalue weighted by Gasteiger charge is 2.13. The van der Waals surface area contributed by atoms with E-state index in [0.29, 0.717) is 23.0 Å². The van der Waals surface area contributed by atoms with E-state index in [1.807, 2.05) is 0 Å². The first-order valence-corrected chi connectivity index (χ1v) is 6.67. The van der Waals surface area contributed by atoms with Crippen LogP contribution >= 0.6 is 0 Å². The van der Waals surface area contributed by atoms with Crippen LogP contribution in [0.15, 0.2) is 29.1 Å². The first kappa shape index (κ1) is 14.2. The summed E-state index contributed by atoms with van der Waals surface area (Å²) in [6, 6.07) is 5.81. The third-order valence-electron chi connectivity index (χ3n) is 3.25. The molecular weight excluding hydrogens is 289 g/mol. The Morgan fingerprint density at radius 3 is 2.73 bits per heavy atom. The molecule has 3 rings (SSSR count). The molecule has 0 fully saturated rings. The number of aryl methyl sites for hydroxylation is 1. The number of H-pyrrole nitrogens is 1. The summed E-state index contributed by atoms with van der Waals surface area (Å²) < 4.78 is 14.6. The van der Waals surface area contributed by atoms with Crippen molar-refractivity contribution in [2.24, 2.45) is 7.05 Å². The molecule has 1 aromatic carbocycles. The van der Waals surface area contributed by atoms with E-state index < -0.39 is 5.56 Å². The number of anilines is 1.